The molecule has 0 heterocycles. The zero-order valence-electron chi connectivity index (χ0n) is 12.1. The Balaban J connectivity index is 2.54. The van der Waals surface area contributed by atoms with E-state index in [9.17, 15) is 4.79 Å². The van der Waals surface area contributed by atoms with E-state index < -0.39 is 0 Å². The molecule has 0 radical (unpaired) electrons. The first kappa shape index (κ1) is 15.5. The summed E-state index contributed by atoms with van der Waals surface area (Å²) < 4.78 is 10.5. The molecule has 0 saturated carbocycles. The van der Waals surface area contributed by atoms with Crippen LogP contribution in [0.5, 0.6) is 0 Å². The molecule has 0 aliphatic heterocycles. The first-order valence-corrected chi connectivity index (χ1v) is 6.68. The number of rotatable bonds is 7. The van der Waals surface area contributed by atoms with E-state index in [-0.39, 0.29) is 18.1 Å². The summed E-state index contributed by atoms with van der Waals surface area (Å²) in [6.45, 7) is 9.07. The summed E-state index contributed by atoms with van der Waals surface area (Å²) in [4.78, 5) is 11.7. The third-order valence-corrected chi connectivity index (χ3v) is 2.45. The molecule has 1 N–H and O–H groups in total. The van der Waals surface area contributed by atoms with Crippen LogP contribution < -0.4 is 5.32 Å². The van der Waals surface area contributed by atoms with Crippen molar-refractivity contribution in [3.63, 3.8) is 0 Å². The minimum Gasteiger partial charge on any atom is -0.459 e. The molecule has 106 valence electrons. The van der Waals surface area contributed by atoms with E-state index in [1.165, 1.54) is 0 Å². The lowest BCUT2D eigenvalue weighted by molar-refractivity contribution is 0.0378. The topological polar surface area (TPSA) is 47.6 Å². The molecule has 19 heavy (non-hydrogen) atoms. The lowest BCUT2D eigenvalue weighted by atomic mass is 10.2. The number of esters is 1. The average Bonchev–Trinajstić information content (AvgIpc) is 2.36. The van der Waals surface area contributed by atoms with Crippen LogP contribution in [0.1, 0.15) is 38.1 Å². The fourth-order valence-electron chi connectivity index (χ4n) is 1.61. The standard InChI is InChI=1S/C15H23NO3/c1-5-18-10-12(4)16-14-8-6-13(7-9-14)15(17)19-11(2)3/h6-9,11-12,16H,5,10H2,1-4H3. The van der Waals surface area contributed by atoms with Gasteiger partial charge in [-0.15, -0.1) is 0 Å². The summed E-state index contributed by atoms with van der Waals surface area (Å²) in [5.41, 5.74) is 1.53. The van der Waals surface area contributed by atoms with Gasteiger partial charge in [0.25, 0.3) is 0 Å². The number of ether oxygens (including phenoxy) is 2. The summed E-state index contributed by atoms with van der Waals surface area (Å²) in [6.07, 6.45) is -0.100. The van der Waals surface area contributed by atoms with Crippen LogP contribution in [0.15, 0.2) is 24.3 Å². The fraction of sp³-hybridized carbons (Fsp3) is 0.533. The molecule has 0 fully saturated rings. The van der Waals surface area contributed by atoms with Crippen LogP contribution in [0, 0.1) is 0 Å². The quantitative estimate of drug-likeness (QED) is 0.770. The van der Waals surface area contributed by atoms with Gasteiger partial charge in [-0.2, -0.15) is 0 Å². The monoisotopic (exact) mass is 265 g/mol. The summed E-state index contributed by atoms with van der Waals surface area (Å²) in [5, 5.41) is 3.31. The second kappa shape index (κ2) is 7.79. The number of hydrogen-bond acceptors (Lipinski definition) is 4. The number of carbonyl (C=O) groups excluding carboxylic acids is 1. The fourth-order valence-corrected chi connectivity index (χ4v) is 1.61. The minimum absolute atomic E-state index is 0.100. The van der Waals surface area contributed by atoms with Crippen LogP contribution in [0.2, 0.25) is 0 Å². The summed E-state index contributed by atoms with van der Waals surface area (Å²) >= 11 is 0. The highest BCUT2D eigenvalue weighted by Crippen LogP contribution is 2.12. The van der Waals surface area contributed by atoms with Gasteiger partial charge in [0, 0.05) is 18.3 Å². The van der Waals surface area contributed by atoms with Crippen LogP contribution >= 0.6 is 0 Å². The van der Waals surface area contributed by atoms with Gasteiger partial charge < -0.3 is 14.8 Å². The van der Waals surface area contributed by atoms with E-state index in [1.54, 1.807) is 12.1 Å². The van der Waals surface area contributed by atoms with Crippen LogP contribution in [-0.4, -0.2) is 31.3 Å². The lowest BCUT2D eigenvalue weighted by Gasteiger charge is -2.15. The van der Waals surface area contributed by atoms with Crippen molar-refractivity contribution in [2.45, 2.75) is 39.8 Å². The van der Waals surface area contributed by atoms with Crippen molar-refractivity contribution < 1.29 is 14.3 Å². The average molecular weight is 265 g/mol. The second-order valence-electron chi connectivity index (χ2n) is 4.74. The van der Waals surface area contributed by atoms with Crippen molar-refractivity contribution in [1.82, 2.24) is 0 Å². The highest BCUT2D eigenvalue weighted by molar-refractivity contribution is 5.89. The largest absolute Gasteiger partial charge is 0.459 e. The smallest absolute Gasteiger partial charge is 0.338 e. The predicted molar refractivity (Wildman–Crippen MR) is 76.6 cm³/mol. The van der Waals surface area contributed by atoms with Crippen molar-refractivity contribution in [1.29, 1.82) is 0 Å². The van der Waals surface area contributed by atoms with Crippen LogP contribution in [-0.2, 0) is 9.47 Å². The molecule has 1 atom stereocenters. The third-order valence-electron chi connectivity index (χ3n) is 2.45. The summed E-state index contributed by atoms with van der Waals surface area (Å²) in [5.74, 6) is -0.288. The Morgan fingerprint density at radius 1 is 1.21 bits per heavy atom. The Kier molecular flexibility index (Phi) is 6.36. The molecule has 0 aliphatic rings. The first-order valence-electron chi connectivity index (χ1n) is 6.68. The Morgan fingerprint density at radius 3 is 2.37 bits per heavy atom. The summed E-state index contributed by atoms with van der Waals surface area (Å²) in [6, 6.07) is 7.51. The Morgan fingerprint density at radius 2 is 1.84 bits per heavy atom. The highest BCUT2D eigenvalue weighted by atomic mass is 16.5. The minimum atomic E-state index is -0.288. The van der Waals surface area contributed by atoms with Gasteiger partial charge >= 0.3 is 5.97 Å². The van der Waals surface area contributed by atoms with Gasteiger partial charge in [0.2, 0.25) is 0 Å². The maximum atomic E-state index is 11.7. The van der Waals surface area contributed by atoms with E-state index in [0.29, 0.717) is 18.8 Å². The molecular formula is C15H23NO3. The molecule has 4 heteroatoms. The van der Waals surface area contributed by atoms with Crippen molar-refractivity contribution in [2.75, 3.05) is 18.5 Å². The molecule has 0 bridgehead atoms. The van der Waals surface area contributed by atoms with Crippen molar-refractivity contribution in [2.24, 2.45) is 0 Å². The van der Waals surface area contributed by atoms with E-state index in [1.807, 2.05) is 32.9 Å². The normalized spacial score (nSPS) is 12.3. The molecule has 0 aromatic heterocycles. The van der Waals surface area contributed by atoms with Gasteiger partial charge in [-0.25, -0.2) is 4.79 Å². The zero-order chi connectivity index (χ0) is 14.3. The van der Waals surface area contributed by atoms with Gasteiger partial charge in [0.1, 0.15) is 0 Å². The van der Waals surface area contributed by atoms with Crippen molar-refractivity contribution >= 4 is 11.7 Å². The van der Waals surface area contributed by atoms with E-state index >= 15 is 0 Å². The van der Waals surface area contributed by atoms with Crippen LogP contribution in [0.3, 0.4) is 0 Å². The molecule has 4 nitrogen and oxygen atoms in total. The molecule has 0 amide bonds. The molecular weight excluding hydrogens is 242 g/mol. The van der Waals surface area contributed by atoms with Crippen LogP contribution in [0.4, 0.5) is 5.69 Å². The van der Waals surface area contributed by atoms with Gasteiger partial charge in [0.05, 0.1) is 18.3 Å². The third kappa shape index (κ3) is 5.75. The highest BCUT2D eigenvalue weighted by Gasteiger charge is 2.09. The molecule has 0 aliphatic carbocycles. The first-order chi connectivity index (χ1) is 9.02. The van der Waals surface area contributed by atoms with Gasteiger partial charge in [-0.05, 0) is 52.0 Å². The van der Waals surface area contributed by atoms with Gasteiger partial charge in [-0.3, -0.25) is 0 Å². The van der Waals surface area contributed by atoms with Crippen molar-refractivity contribution in [3.05, 3.63) is 29.8 Å². The molecule has 0 spiro atoms. The Labute approximate surface area is 115 Å². The molecule has 1 unspecified atom stereocenters. The maximum Gasteiger partial charge on any atom is 0.338 e. The van der Waals surface area contributed by atoms with Gasteiger partial charge in [-0.1, -0.05) is 0 Å². The summed E-state index contributed by atoms with van der Waals surface area (Å²) in [7, 11) is 0. The SMILES string of the molecule is CCOCC(C)Nc1ccc(C(=O)OC(C)C)cc1. The molecule has 0 saturated heterocycles. The number of nitrogens with one attached hydrogen (secondary N) is 1. The molecule has 1 aromatic rings. The molecule has 1 rings (SSSR count). The molecule has 1 aromatic carbocycles. The van der Waals surface area contributed by atoms with E-state index in [2.05, 4.69) is 12.2 Å². The Hall–Kier alpha value is -1.55. The van der Waals surface area contributed by atoms with Gasteiger partial charge in [0.15, 0.2) is 0 Å². The Bertz CT molecular complexity index is 387. The zero-order valence-corrected chi connectivity index (χ0v) is 12.1. The number of anilines is 1. The maximum absolute atomic E-state index is 11.7. The van der Waals surface area contributed by atoms with E-state index in [0.717, 1.165) is 5.69 Å². The van der Waals surface area contributed by atoms with Crippen LogP contribution in [0.25, 0.3) is 0 Å². The number of benzene rings is 1. The number of carbonyl (C=O) groups is 1. The lowest BCUT2D eigenvalue weighted by Crippen LogP contribution is -2.21. The number of hydrogen-bond donors (Lipinski definition) is 1. The van der Waals surface area contributed by atoms with E-state index in [4.69, 9.17) is 9.47 Å². The van der Waals surface area contributed by atoms with Crippen molar-refractivity contribution in [3.8, 4) is 0 Å². The second-order valence-corrected chi connectivity index (χ2v) is 4.74. The predicted octanol–water partition coefficient (Wildman–Crippen LogP) is 3.09.